The van der Waals surface area contributed by atoms with Gasteiger partial charge in [-0.1, -0.05) is 0 Å². The first-order chi connectivity index (χ1) is 12.3. The Morgan fingerprint density at radius 1 is 1.19 bits per heavy atom. The number of aromatic nitrogens is 6. The van der Waals surface area contributed by atoms with Gasteiger partial charge in [0.25, 0.3) is 0 Å². The summed E-state index contributed by atoms with van der Waals surface area (Å²) in [6.07, 6.45) is -2.83. The van der Waals surface area contributed by atoms with Crippen LogP contribution in [0.4, 0.5) is 19.1 Å². The lowest BCUT2D eigenvalue weighted by atomic mass is 10.2. The molecule has 1 saturated heterocycles. The van der Waals surface area contributed by atoms with Crippen LogP contribution in [0.25, 0.3) is 0 Å². The molecule has 1 aliphatic rings. The molecule has 0 atom stereocenters. The van der Waals surface area contributed by atoms with Crippen molar-refractivity contribution in [2.45, 2.75) is 26.1 Å². The highest BCUT2D eigenvalue weighted by Gasteiger charge is 2.34. The van der Waals surface area contributed by atoms with Gasteiger partial charge in [0.2, 0.25) is 11.9 Å². The van der Waals surface area contributed by atoms with Gasteiger partial charge in [-0.25, -0.2) is 14.6 Å². The summed E-state index contributed by atoms with van der Waals surface area (Å²) in [7, 11) is 0. The van der Waals surface area contributed by atoms with Crippen molar-refractivity contribution in [3.8, 4) is 0 Å². The number of halogens is 3. The Balaban J connectivity index is 1.58. The van der Waals surface area contributed by atoms with E-state index in [0.29, 0.717) is 32.7 Å². The largest absolute Gasteiger partial charge is 0.433 e. The molecule has 0 unspecified atom stereocenters. The average molecular weight is 370 g/mol. The van der Waals surface area contributed by atoms with Crippen molar-refractivity contribution in [2.24, 2.45) is 0 Å². The number of carbonyl (C=O) groups is 1. The van der Waals surface area contributed by atoms with Crippen molar-refractivity contribution < 1.29 is 18.0 Å². The van der Waals surface area contributed by atoms with E-state index in [0.717, 1.165) is 6.07 Å². The molecule has 2 aromatic rings. The molecule has 0 aromatic carbocycles. The van der Waals surface area contributed by atoms with Crippen molar-refractivity contribution in [1.29, 1.82) is 0 Å². The van der Waals surface area contributed by atoms with Crippen LogP contribution in [-0.2, 0) is 17.5 Å². The molecule has 2 aromatic heterocycles. The highest BCUT2D eigenvalue weighted by molar-refractivity contribution is 5.76. The predicted octanol–water partition coefficient (Wildman–Crippen LogP) is 0.529. The molecule has 26 heavy (non-hydrogen) atoms. The average Bonchev–Trinajstić information content (AvgIpc) is 3.12. The first kappa shape index (κ1) is 18.0. The molecule has 3 heterocycles. The van der Waals surface area contributed by atoms with E-state index in [9.17, 15) is 18.0 Å². The number of alkyl halides is 3. The Labute approximate surface area is 146 Å². The van der Waals surface area contributed by atoms with Crippen LogP contribution in [0.2, 0.25) is 0 Å². The van der Waals surface area contributed by atoms with E-state index >= 15 is 0 Å². The lowest BCUT2D eigenvalue weighted by molar-refractivity contribution is -0.141. The summed E-state index contributed by atoms with van der Waals surface area (Å²) in [4.78, 5) is 23.3. The van der Waals surface area contributed by atoms with E-state index in [1.54, 1.807) is 9.80 Å². The second kappa shape index (κ2) is 7.22. The Hall–Kier alpha value is -2.79. The standard InChI is InChI=1S/C14H17F3N8O/c1-10-8-11(14(15,16)17)20-13(19-10)24-6-4-23(5-7-24)12(26)2-3-25-9-18-21-22-25/h8-9H,2-7H2,1H3. The predicted molar refractivity (Wildman–Crippen MR) is 83.0 cm³/mol. The highest BCUT2D eigenvalue weighted by Crippen LogP contribution is 2.29. The van der Waals surface area contributed by atoms with Crippen LogP contribution in [-0.4, -0.2) is 67.2 Å². The number of hydrogen-bond donors (Lipinski definition) is 0. The fraction of sp³-hybridized carbons (Fsp3) is 0.571. The third-order valence-corrected chi connectivity index (χ3v) is 3.99. The summed E-state index contributed by atoms with van der Waals surface area (Å²) in [6.45, 7) is 3.41. The van der Waals surface area contributed by atoms with Gasteiger partial charge in [-0.3, -0.25) is 4.79 Å². The number of anilines is 1. The molecule has 9 nitrogen and oxygen atoms in total. The zero-order valence-corrected chi connectivity index (χ0v) is 14.0. The molecular weight excluding hydrogens is 353 g/mol. The van der Waals surface area contributed by atoms with Gasteiger partial charge in [0.1, 0.15) is 12.0 Å². The zero-order chi connectivity index (χ0) is 18.7. The molecule has 0 bridgehead atoms. The molecule has 1 fully saturated rings. The van der Waals surface area contributed by atoms with E-state index < -0.39 is 11.9 Å². The van der Waals surface area contributed by atoms with Gasteiger partial charge in [-0.2, -0.15) is 13.2 Å². The molecule has 0 saturated carbocycles. The van der Waals surface area contributed by atoms with Crippen molar-refractivity contribution in [3.63, 3.8) is 0 Å². The maximum atomic E-state index is 12.9. The van der Waals surface area contributed by atoms with Crippen LogP contribution in [0.5, 0.6) is 0 Å². The summed E-state index contributed by atoms with van der Waals surface area (Å²) in [5, 5.41) is 10.7. The molecule has 1 aliphatic heterocycles. The molecular formula is C14H17F3N8O. The van der Waals surface area contributed by atoms with Gasteiger partial charge in [-0.05, 0) is 23.4 Å². The monoisotopic (exact) mass is 370 g/mol. The van der Waals surface area contributed by atoms with Gasteiger partial charge < -0.3 is 9.80 Å². The summed E-state index contributed by atoms with van der Waals surface area (Å²) in [6, 6.07) is 0.919. The van der Waals surface area contributed by atoms with Crippen molar-refractivity contribution in [1.82, 2.24) is 35.1 Å². The topological polar surface area (TPSA) is 92.9 Å². The number of hydrogen-bond acceptors (Lipinski definition) is 7. The molecule has 0 aliphatic carbocycles. The molecule has 0 spiro atoms. The van der Waals surface area contributed by atoms with Gasteiger partial charge in [-0.15, -0.1) is 5.10 Å². The number of tetrazole rings is 1. The summed E-state index contributed by atoms with van der Waals surface area (Å²) >= 11 is 0. The van der Waals surface area contributed by atoms with Gasteiger partial charge in [0.15, 0.2) is 0 Å². The Bertz CT molecular complexity index is 756. The molecule has 140 valence electrons. The van der Waals surface area contributed by atoms with E-state index in [4.69, 9.17) is 0 Å². The maximum absolute atomic E-state index is 12.9. The van der Waals surface area contributed by atoms with Crippen LogP contribution in [0.1, 0.15) is 17.8 Å². The molecule has 0 radical (unpaired) electrons. The van der Waals surface area contributed by atoms with Gasteiger partial charge in [0, 0.05) is 38.3 Å². The van der Waals surface area contributed by atoms with E-state index in [2.05, 4.69) is 25.5 Å². The summed E-state index contributed by atoms with van der Waals surface area (Å²) in [5.74, 6) is -0.0144. The van der Waals surface area contributed by atoms with E-state index in [1.807, 2.05) is 0 Å². The number of rotatable bonds is 4. The molecule has 12 heteroatoms. The van der Waals surface area contributed by atoms with Crippen molar-refractivity contribution in [3.05, 3.63) is 23.8 Å². The van der Waals surface area contributed by atoms with Crippen molar-refractivity contribution in [2.75, 3.05) is 31.1 Å². The number of piperazine rings is 1. The maximum Gasteiger partial charge on any atom is 0.433 e. The van der Waals surface area contributed by atoms with Crippen LogP contribution < -0.4 is 4.90 Å². The first-order valence-electron chi connectivity index (χ1n) is 7.99. The Morgan fingerprint density at radius 3 is 2.54 bits per heavy atom. The number of carbonyl (C=O) groups excluding carboxylic acids is 1. The number of nitrogens with zero attached hydrogens (tertiary/aromatic N) is 8. The normalized spacial score (nSPS) is 15.4. The zero-order valence-electron chi connectivity index (χ0n) is 14.0. The fourth-order valence-electron chi connectivity index (χ4n) is 2.65. The Kier molecular flexibility index (Phi) is 5.00. The van der Waals surface area contributed by atoms with E-state index in [1.165, 1.54) is 17.9 Å². The third-order valence-electron chi connectivity index (χ3n) is 3.99. The SMILES string of the molecule is Cc1cc(C(F)(F)F)nc(N2CCN(C(=O)CCn3cnnn3)CC2)n1. The number of aryl methyl sites for hydroxylation is 2. The smallest absolute Gasteiger partial charge is 0.339 e. The Morgan fingerprint density at radius 2 is 1.92 bits per heavy atom. The molecule has 0 N–H and O–H groups in total. The van der Waals surface area contributed by atoms with Crippen LogP contribution >= 0.6 is 0 Å². The first-order valence-corrected chi connectivity index (χ1v) is 7.99. The quantitative estimate of drug-likeness (QED) is 0.775. The van der Waals surface area contributed by atoms with E-state index in [-0.39, 0.29) is 24.0 Å². The molecule has 1 amide bonds. The molecule has 3 rings (SSSR count). The van der Waals surface area contributed by atoms with Crippen LogP contribution in [0.15, 0.2) is 12.4 Å². The lowest BCUT2D eigenvalue weighted by Crippen LogP contribution is -2.49. The van der Waals surface area contributed by atoms with Gasteiger partial charge in [0.05, 0.1) is 6.54 Å². The fourth-order valence-corrected chi connectivity index (χ4v) is 2.65. The minimum atomic E-state index is -4.52. The third kappa shape index (κ3) is 4.24. The minimum Gasteiger partial charge on any atom is -0.339 e. The second-order valence-electron chi connectivity index (χ2n) is 5.88. The van der Waals surface area contributed by atoms with Gasteiger partial charge >= 0.3 is 6.18 Å². The second-order valence-corrected chi connectivity index (χ2v) is 5.88. The summed E-state index contributed by atoms with van der Waals surface area (Å²) in [5.41, 5.74) is -0.706. The lowest BCUT2D eigenvalue weighted by Gasteiger charge is -2.35. The van der Waals surface area contributed by atoms with Crippen molar-refractivity contribution >= 4 is 11.9 Å². The highest BCUT2D eigenvalue weighted by atomic mass is 19.4. The van der Waals surface area contributed by atoms with Crippen LogP contribution in [0, 0.1) is 6.92 Å². The summed E-state index contributed by atoms with van der Waals surface area (Å²) < 4.78 is 40.2. The number of amides is 1. The minimum absolute atomic E-state index is 0.0399. The van der Waals surface area contributed by atoms with Crippen LogP contribution in [0.3, 0.4) is 0 Å².